The number of Topliss-reactive ketones (excluding diaryl/α,β-unsaturated/α-hetero) is 1. The maximum atomic E-state index is 12.4. The van der Waals surface area contributed by atoms with E-state index in [0.29, 0.717) is 32.0 Å². The van der Waals surface area contributed by atoms with Gasteiger partial charge in [0.25, 0.3) is 0 Å². The second-order valence-corrected chi connectivity index (χ2v) is 8.34. The summed E-state index contributed by atoms with van der Waals surface area (Å²) in [6.07, 6.45) is 6.18. The Morgan fingerprint density at radius 1 is 1.18 bits per heavy atom. The van der Waals surface area contributed by atoms with Crippen molar-refractivity contribution in [1.29, 1.82) is 0 Å². The average Bonchev–Trinajstić information content (AvgIpc) is 3.30. The smallest absolute Gasteiger partial charge is 0.230 e. The van der Waals surface area contributed by atoms with Crippen molar-refractivity contribution in [2.75, 3.05) is 43.6 Å². The standard InChI is InChI=1S/C26H33N5O2/c1-4-18(19-9-7-6-8-10-19)17-24(27-3)29-26-28-22-16-20(23(32)5-2)15-21(22)25(30-26)31-11-13-33-14-12-31/h6-10,16-18,27H,4-5,11-15H2,1-3H3,(H,28,29,30)/b24-17+. The number of carbonyl (C=O) groups excluding carboxylic acids is 1. The molecule has 1 aliphatic heterocycles. The fourth-order valence-electron chi connectivity index (χ4n) is 4.34. The second kappa shape index (κ2) is 10.6. The van der Waals surface area contributed by atoms with E-state index in [4.69, 9.17) is 14.7 Å². The summed E-state index contributed by atoms with van der Waals surface area (Å²) in [4.78, 5) is 24.3. The van der Waals surface area contributed by atoms with E-state index in [-0.39, 0.29) is 11.7 Å². The van der Waals surface area contributed by atoms with Crippen molar-refractivity contribution in [3.63, 3.8) is 0 Å². The highest BCUT2D eigenvalue weighted by molar-refractivity contribution is 6.01. The van der Waals surface area contributed by atoms with Crippen molar-refractivity contribution in [3.05, 3.63) is 64.6 Å². The molecule has 1 fully saturated rings. The summed E-state index contributed by atoms with van der Waals surface area (Å²) in [5.74, 6) is 2.71. The molecule has 0 bridgehead atoms. The topological polar surface area (TPSA) is 79.4 Å². The Balaban J connectivity index is 1.66. The molecule has 0 radical (unpaired) electrons. The van der Waals surface area contributed by atoms with Gasteiger partial charge >= 0.3 is 0 Å². The molecule has 1 atom stereocenters. The van der Waals surface area contributed by atoms with Crippen LogP contribution >= 0.6 is 0 Å². The van der Waals surface area contributed by atoms with Gasteiger partial charge in [-0.15, -0.1) is 0 Å². The van der Waals surface area contributed by atoms with Crippen molar-refractivity contribution in [2.45, 2.75) is 39.0 Å². The highest BCUT2D eigenvalue weighted by atomic mass is 16.5. The summed E-state index contributed by atoms with van der Waals surface area (Å²) >= 11 is 0. The molecule has 0 saturated carbocycles. The summed E-state index contributed by atoms with van der Waals surface area (Å²) in [6.45, 7) is 6.98. The van der Waals surface area contributed by atoms with E-state index in [1.807, 2.05) is 26.1 Å². The van der Waals surface area contributed by atoms with Crippen LogP contribution in [-0.4, -0.2) is 49.1 Å². The molecule has 2 aliphatic rings. The van der Waals surface area contributed by atoms with Gasteiger partial charge in [0.2, 0.25) is 5.95 Å². The predicted octanol–water partition coefficient (Wildman–Crippen LogP) is 3.90. The van der Waals surface area contributed by atoms with Gasteiger partial charge in [0.15, 0.2) is 5.78 Å². The zero-order valence-electron chi connectivity index (χ0n) is 19.7. The maximum Gasteiger partial charge on any atom is 0.230 e. The lowest BCUT2D eigenvalue weighted by molar-refractivity contribution is -0.115. The lowest BCUT2D eigenvalue weighted by Gasteiger charge is -2.29. The Bertz CT molecular complexity index is 1040. The maximum absolute atomic E-state index is 12.4. The molecular weight excluding hydrogens is 414 g/mol. The van der Waals surface area contributed by atoms with Crippen LogP contribution in [0.25, 0.3) is 6.08 Å². The van der Waals surface area contributed by atoms with Gasteiger partial charge in [-0.3, -0.25) is 4.79 Å². The zero-order chi connectivity index (χ0) is 23.2. The predicted molar refractivity (Wildman–Crippen MR) is 132 cm³/mol. The molecule has 33 heavy (non-hydrogen) atoms. The van der Waals surface area contributed by atoms with Gasteiger partial charge in [-0.2, -0.15) is 4.98 Å². The monoisotopic (exact) mass is 447 g/mol. The normalized spacial score (nSPS) is 16.8. The van der Waals surface area contributed by atoms with Crippen LogP contribution in [0.5, 0.6) is 0 Å². The summed E-state index contributed by atoms with van der Waals surface area (Å²) in [5, 5.41) is 6.64. The third-order valence-electron chi connectivity index (χ3n) is 6.24. The van der Waals surface area contributed by atoms with Crippen LogP contribution in [0, 0.1) is 0 Å². The Morgan fingerprint density at radius 3 is 2.61 bits per heavy atom. The number of aromatic nitrogens is 2. The van der Waals surface area contributed by atoms with E-state index in [1.165, 1.54) is 5.56 Å². The van der Waals surface area contributed by atoms with E-state index in [0.717, 1.165) is 48.0 Å². The Morgan fingerprint density at radius 2 is 1.94 bits per heavy atom. The van der Waals surface area contributed by atoms with Crippen LogP contribution in [0.1, 0.15) is 49.4 Å². The van der Waals surface area contributed by atoms with Gasteiger partial charge in [0, 0.05) is 50.0 Å². The van der Waals surface area contributed by atoms with Crippen molar-refractivity contribution in [2.24, 2.45) is 0 Å². The van der Waals surface area contributed by atoms with E-state index in [2.05, 4.69) is 52.8 Å². The van der Waals surface area contributed by atoms with Gasteiger partial charge in [0.05, 0.1) is 18.9 Å². The lowest BCUT2D eigenvalue weighted by atomic mass is 9.96. The third kappa shape index (κ3) is 5.25. The van der Waals surface area contributed by atoms with Crippen molar-refractivity contribution < 1.29 is 9.53 Å². The van der Waals surface area contributed by atoms with E-state index >= 15 is 0 Å². The minimum atomic E-state index is 0.167. The first-order chi connectivity index (χ1) is 16.1. The molecule has 2 heterocycles. The number of rotatable bonds is 9. The average molecular weight is 448 g/mol. The van der Waals surface area contributed by atoms with Gasteiger partial charge in [-0.1, -0.05) is 44.2 Å². The van der Waals surface area contributed by atoms with E-state index < -0.39 is 0 Å². The molecule has 7 heteroatoms. The van der Waals surface area contributed by atoms with Gasteiger partial charge < -0.3 is 20.3 Å². The second-order valence-electron chi connectivity index (χ2n) is 8.34. The Labute approximate surface area is 196 Å². The first-order valence-corrected chi connectivity index (χ1v) is 11.8. The Kier molecular flexibility index (Phi) is 7.40. The summed E-state index contributed by atoms with van der Waals surface area (Å²) in [6, 6.07) is 10.5. The zero-order valence-corrected chi connectivity index (χ0v) is 19.7. The molecule has 174 valence electrons. The number of ketones is 1. The number of nitrogens with zero attached hydrogens (tertiary/aromatic N) is 3. The van der Waals surface area contributed by atoms with Crippen LogP contribution < -0.4 is 15.5 Å². The molecule has 4 rings (SSSR count). The van der Waals surface area contributed by atoms with Gasteiger partial charge in [0.1, 0.15) is 11.6 Å². The van der Waals surface area contributed by atoms with Crippen LogP contribution in [-0.2, 0) is 16.0 Å². The fraction of sp³-hybridized carbons (Fsp3) is 0.423. The fourth-order valence-corrected chi connectivity index (χ4v) is 4.34. The highest BCUT2D eigenvalue weighted by Gasteiger charge is 2.27. The molecular formula is C26H33N5O2. The number of nitrogens with one attached hydrogen (secondary N) is 2. The molecule has 0 spiro atoms. The first-order valence-electron chi connectivity index (χ1n) is 11.8. The quantitative estimate of drug-likeness (QED) is 0.604. The summed E-state index contributed by atoms with van der Waals surface area (Å²) in [5.41, 5.74) is 3.94. The van der Waals surface area contributed by atoms with Gasteiger partial charge in [-0.05, 0) is 24.1 Å². The molecule has 1 saturated heterocycles. The lowest BCUT2D eigenvalue weighted by Crippen LogP contribution is -2.37. The molecule has 1 aromatic carbocycles. The molecule has 0 amide bonds. The highest BCUT2D eigenvalue weighted by Crippen LogP contribution is 2.33. The number of fused-ring (bicyclic) bond motifs is 1. The Hall–Kier alpha value is -3.19. The summed E-state index contributed by atoms with van der Waals surface area (Å²) in [7, 11) is 1.89. The van der Waals surface area contributed by atoms with Crippen LogP contribution in [0.2, 0.25) is 0 Å². The minimum absolute atomic E-state index is 0.167. The number of hydrogen-bond acceptors (Lipinski definition) is 7. The molecule has 2 aromatic rings. The number of allylic oxidation sites excluding steroid dienone is 2. The number of carbonyl (C=O) groups is 1. The van der Waals surface area contributed by atoms with Gasteiger partial charge in [-0.25, -0.2) is 4.98 Å². The van der Waals surface area contributed by atoms with E-state index in [1.54, 1.807) is 0 Å². The molecule has 1 aromatic heterocycles. The van der Waals surface area contributed by atoms with Crippen LogP contribution in [0.15, 0.2) is 47.8 Å². The molecule has 1 aliphatic carbocycles. The number of anilines is 2. The third-order valence-corrected chi connectivity index (χ3v) is 6.24. The van der Waals surface area contributed by atoms with Crippen molar-refractivity contribution in [1.82, 2.24) is 15.3 Å². The largest absolute Gasteiger partial charge is 0.378 e. The van der Waals surface area contributed by atoms with Crippen LogP contribution in [0.3, 0.4) is 0 Å². The SMILES string of the molecule is CCC(=O)C1=Cc2nc(N/C(=C/C(CC)c3ccccc3)NC)nc(N3CCOCC3)c2C1. The van der Waals surface area contributed by atoms with E-state index in [9.17, 15) is 4.79 Å². The minimum Gasteiger partial charge on any atom is -0.378 e. The number of ether oxygens (including phenoxy) is 1. The van der Waals surface area contributed by atoms with Crippen molar-refractivity contribution in [3.8, 4) is 0 Å². The molecule has 2 N–H and O–H groups in total. The first kappa shape index (κ1) is 23.0. The number of benzene rings is 1. The molecule has 7 nitrogen and oxygen atoms in total. The molecule has 1 unspecified atom stereocenters. The summed E-state index contributed by atoms with van der Waals surface area (Å²) < 4.78 is 5.54. The van der Waals surface area contributed by atoms with Crippen LogP contribution in [0.4, 0.5) is 11.8 Å². The number of morpholine rings is 1. The van der Waals surface area contributed by atoms with Crippen molar-refractivity contribution >= 4 is 23.6 Å². The number of hydrogen-bond donors (Lipinski definition) is 2.